The van der Waals surface area contributed by atoms with Crippen LogP contribution in [0.2, 0.25) is 0 Å². The van der Waals surface area contributed by atoms with Crippen LogP contribution in [0, 0.1) is 42.7 Å². The summed E-state index contributed by atoms with van der Waals surface area (Å²) in [7, 11) is 0. The lowest BCUT2D eigenvalue weighted by Gasteiger charge is -2.05. The number of aryl methyl sites for hydroxylation is 1. The molecule has 0 unspecified atom stereocenters. The molecule has 0 radical (unpaired) electrons. The average Bonchev–Trinajstić information content (AvgIpc) is 2.83. The summed E-state index contributed by atoms with van der Waals surface area (Å²) in [5, 5.41) is 18.1. The summed E-state index contributed by atoms with van der Waals surface area (Å²) in [5.74, 6) is 0. The third-order valence-electron chi connectivity index (χ3n) is 3.26. The number of allylic oxidation sites excluding steroid dienone is 4. The van der Waals surface area contributed by atoms with Crippen LogP contribution in [0.5, 0.6) is 0 Å². The van der Waals surface area contributed by atoms with Gasteiger partial charge in [0.1, 0.15) is 0 Å². The molecule has 0 amide bonds. The fourth-order valence-corrected chi connectivity index (χ4v) is 2.41. The quantitative estimate of drug-likeness (QED) is 0.525. The fourth-order valence-electron chi connectivity index (χ4n) is 2.41. The highest BCUT2D eigenvalue weighted by Crippen LogP contribution is 2.45. The van der Waals surface area contributed by atoms with Crippen molar-refractivity contribution < 1.29 is 0 Å². The van der Waals surface area contributed by atoms with Gasteiger partial charge in [-0.15, -0.1) is 0 Å². The number of rotatable bonds is 0. The van der Waals surface area contributed by atoms with Crippen molar-refractivity contribution in [2.45, 2.75) is 13.3 Å². The minimum Gasteiger partial charge on any atom is -0.226 e. The largest absolute Gasteiger partial charge is 0.265 e. The van der Waals surface area contributed by atoms with Crippen molar-refractivity contribution in [2.24, 2.45) is 0 Å². The summed E-state index contributed by atoms with van der Waals surface area (Å²) < 4.78 is 0. The van der Waals surface area contributed by atoms with Crippen LogP contribution in [0.4, 0.5) is 0 Å². The van der Waals surface area contributed by atoms with E-state index in [4.69, 9.17) is 23.7 Å². The van der Waals surface area contributed by atoms with Crippen LogP contribution in [-0.2, 0) is 0 Å². The summed E-state index contributed by atoms with van der Waals surface area (Å²) in [6.45, 7) is 16.1. The van der Waals surface area contributed by atoms with Crippen LogP contribution in [-0.4, -0.2) is 0 Å². The van der Waals surface area contributed by atoms with E-state index in [-0.39, 0.29) is 17.8 Å². The monoisotopic (exact) mass is 256 g/mol. The molecule has 4 heteroatoms. The summed E-state index contributed by atoms with van der Waals surface area (Å²) in [5.41, 5.74) is 3.79. The first kappa shape index (κ1) is 13.1. The first-order valence-corrected chi connectivity index (χ1v) is 5.79. The van der Waals surface area contributed by atoms with E-state index in [1.165, 1.54) is 0 Å². The molecule has 1 aromatic rings. The van der Waals surface area contributed by atoms with E-state index in [1.807, 2.05) is 37.3 Å². The second-order valence-corrected chi connectivity index (χ2v) is 4.28. The molecule has 2 rings (SSSR count). The van der Waals surface area contributed by atoms with E-state index in [1.54, 1.807) is 0 Å². The van der Waals surface area contributed by atoms with Crippen molar-refractivity contribution in [3.05, 3.63) is 69.1 Å². The Morgan fingerprint density at radius 1 is 1.10 bits per heavy atom. The maximum atomic E-state index is 9.08. The molecule has 4 nitrogen and oxygen atoms in total. The Morgan fingerprint density at radius 2 is 1.70 bits per heavy atom. The normalized spacial score (nSPS) is 17.1. The van der Waals surface area contributed by atoms with Gasteiger partial charge in [-0.3, -0.25) is 0 Å². The van der Waals surface area contributed by atoms with Crippen molar-refractivity contribution in [2.75, 3.05) is 0 Å². The molecule has 0 heterocycles. The van der Waals surface area contributed by atoms with Crippen molar-refractivity contribution in [3.63, 3.8) is 0 Å². The highest BCUT2D eigenvalue weighted by atomic mass is 14.7. The molecule has 0 bridgehead atoms. The van der Waals surface area contributed by atoms with Crippen LogP contribution < -0.4 is 0 Å². The van der Waals surface area contributed by atoms with Crippen LogP contribution in [0.15, 0.2) is 29.6 Å². The number of hydrogen-bond donors (Lipinski definition) is 0. The summed E-state index contributed by atoms with van der Waals surface area (Å²) in [6, 6.07) is 9.36. The van der Waals surface area contributed by atoms with Crippen molar-refractivity contribution in [1.82, 2.24) is 0 Å². The number of hydrogen-bond acceptors (Lipinski definition) is 2. The third kappa shape index (κ3) is 1.83. The van der Waals surface area contributed by atoms with Gasteiger partial charge < -0.3 is 0 Å². The topological polar surface area (TPSA) is 56.3 Å². The van der Waals surface area contributed by atoms with E-state index in [2.05, 4.69) is 9.69 Å². The Morgan fingerprint density at radius 3 is 2.25 bits per heavy atom. The van der Waals surface area contributed by atoms with Gasteiger partial charge >= 0.3 is 0 Å². The highest BCUT2D eigenvalue weighted by molar-refractivity contribution is 5.98. The van der Waals surface area contributed by atoms with E-state index in [0.717, 1.165) is 16.7 Å². The maximum absolute atomic E-state index is 9.08. The van der Waals surface area contributed by atoms with Gasteiger partial charge in [0.2, 0.25) is 0 Å². The standard InChI is InChI=1S/C16H8N4/c1-10-5-4-6-11-12(14(8-17)19-2)7-13(16(10)11)15(9-18)20-3/h4-6H,7H2,1H3. The Kier molecular flexibility index (Phi) is 3.35. The predicted molar refractivity (Wildman–Crippen MR) is 74.1 cm³/mol. The van der Waals surface area contributed by atoms with Gasteiger partial charge in [-0.05, 0) is 41.2 Å². The molecule has 0 fully saturated rings. The van der Waals surface area contributed by atoms with E-state index < -0.39 is 0 Å². The minimum atomic E-state index is 0.0223. The Hall–Kier alpha value is -3.34. The van der Waals surface area contributed by atoms with Gasteiger partial charge in [-0.25, -0.2) is 20.2 Å². The van der Waals surface area contributed by atoms with Gasteiger partial charge in [0.25, 0.3) is 11.4 Å². The zero-order valence-corrected chi connectivity index (χ0v) is 10.7. The summed E-state index contributed by atoms with van der Waals surface area (Å²) in [6.07, 6.45) is 0.288. The third-order valence-corrected chi connectivity index (χ3v) is 3.26. The molecule has 1 aromatic carbocycles. The number of fused-ring (bicyclic) bond motifs is 1. The van der Waals surface area contributed by atoms with E-state index in [9.17, 15) is 0 Å². The summed E-state index contributed by atoms with van der Waals surface area (Å²) >= 11 is 0. The Balaban J connectivity index is 2.90. The number of nitrogens with zero attached hydrogens (tertiary/aromatic N) is 4. The Labute approximate surface area is 117 Å². The Bertz CT molecular complexity index is 795. The molecule has 0 aliphatic heterocycles. The van der Waals surface area contributed by atoms with Gasteiger partial charge in [0.05, 0.1) is 25.3 Å². The lowest BCUT2D eigenvalue weighted by atomic mass is 10.00. The smallest absolute Gasteiger partial charge is 0.226 e. The molecule has 0 aromatic heterocycles. The molecular weight excluding hydrogens is 248 g/mol. The highest BCUT2D eigenvalue weighted by Gasteiger charge is 2.27. The summed E-state index contributed by atoms with van der Waals surface area (Å²) in [4.78, 5) is 6.51. The molecule has 1 aliphatic carbocycles. The van der Waals surface area contributed by atoms with Gasteiger partial charge in [-0.2, -0.15) is 0 Å². The second kappa shape index (κ2) is 5.11. The van der Waals surface area contributed by atoms with Crippen molar-refractivity contribution in [1.29, 1.82) is 10.5 Å². The van der Waals surface area contributed by atoms with Crippen molar-refractivity contribution in [3.8, 4) is 12.1 Å². The number of benzene rings is 1. The van der Waals surface area contributed by atoms with Crippen LogP contribution in [0.1, 0.15) is 23.1 Å². The molecule has 0 atom stereocenters. The SMILES string of the molecule is [C-]#[N+]C(C#N)=C1CC(=C(C#N)[N+]#[C-])c2c(C)cccc21. The first-order valence-electron chi connectivity index (χ1n) is 5.79. The van der Waals surface area contributed by atoms with Crippen LogP contribution >= 0.6 is 0 Å². The molecule has 92 valence electrons. The van der Waals surface area contributed by atoms with E-state index in [0.29, 0.717) is 11.1 Å². The average molecular weight is 256 g/mol. The molecule has 0 saturated heterocycles. The molecule has 0 N–H and O–H groups in total. The zero-order chi connectivity index (χ0) is 14.7. The lowest BCUT2D eigenvalue weighted by molar-refractivity contribution is 1.40. The molecular formula is C16H8N4. The zero-order valence-electron chi connectivity index (χ0n) is 10.7. The molecule has 1 aliphatic rings. The second-order valence-electron chi connectivity index (χ2n) is 4.28. The van der Waals surface area contributed by atoms with Gasteiger partial charge in [-0.1, -0.05) is 18.2 Å². The minimum absolute atomic E-state index is 0.0223. The molecule has 20 heavy (non-hydrogen) atoms. The molecule has 0 saturated carbocycles. The number of nitriles is 2. The van der Waals surface area contributed by atoms with Crippen molar-refractivity contribution >= 4 is 11.1 Å². The fraction of sp³-hybridized carbons (Fsp3) is 0.125. The molecule has 0 spiro atoms. The van der Waals surface area contributed by atoms with Crippen LogP contribution in [0.25, 0.3) is 20.8 Å². The predicted octanol–water partition coefficient (Wildman–Crippen LogP) is 3.71. The lowest BCUT2D eigenvalue weighted by Crippen LogP contribution is -1.88. The van der Waals surface area contributed by atoms with E-state index >= 15 is 0 Å². The van der Waals surface area contributed by atoms with Gasteiger partial charge in [0, 0.05) is 0 Å². The maximum Gasteiger partial charge on any atom is 0.265 e. The first-order chi connectivity index (χ1) is 9.67. The van der Waals surface area contributed by atoms with Crippen LogP contribution in [0.3, 0.4) is 0 Å². The van der Waals surface area contributed by atoms with Gasteiger partial charge in [0.15, 0.2) is 0 Å².